The van der Waals surface area contributed by atoms with Gasteiger partial charge >= 0.3 is 6.03 Å². The molecule has 1 aliphatic carbocycles. The fourth-order valence-corrected chi connectivity index (χ4v) is 4.00. The summed E-state index contributed by atoms with van der Waals surface area (Å²) in [5, 5.41) is 4.81. The number of carbonyl (C=O) groups excluding carboxylic acids is 1. The molecule has 0 unspecified atom stereocenters. The van der Waals surface area contributed by atoms with Crippen molar-refractivity contribution >= 4 is 22.4 Å². The minimum absolute atomic E-state index is 0.0434. The number of carbonyl (C=O) groups is 1. The molecule has 5 nitrogen and oxygen atoms in total. The van der Waals surface area contributed by atoms with E-state index in [4.69, 9.17) is 4.74 Å². The van der Waals surface area contributed by atoms with E-state index >= 15 is 0 Å². The summed E-state index contributed by atoms with van der Waals surface area (Å²) in [6, 6.07) is 10.0. The largest absolute Gasteiger partial charge is 0.379 e. The number of hydrogen-bond acceptors (Lipinski definition) is 4. The van der Waals surface area contributed by atoms with E-state index in [0.717, 1.165) is 47.3 Å². The predicted octanol–water partition coefficient (Wildman–Crippen LogP) is 3.76. The van der Waals surface area contributed by atoms with Gasteiger partial charge in [0.15, 0.2) is 0 Å². The Hall–Kier alpha value is -1.92. The third-order valence-electron chi connectivity index (χ3n) is 4.72. The fourth-order valence-electron chi connectivity index (χ4n) is 3.04. The van der Waals surface area contributed by atoms with Crippen molar-refractivity contribution in [3.63, 3.8) is 0 Å². The van der Waals surface area contributed by atoms with Crippen LogP contribution in [0.4, 0.5) is 9.80 Å². The molecule has 2 aromatic rings. The predicted molar refractivity (Wildman–Crippen MR) is 95.4 cm³/mol. The number of aromatic nitrogens is 1. The van der Waals surface area contributed by atoms with Gasteiger partial charge in [0, 0.05) is 24.1 Å². The second-order valence-corrected chi connectivity index (χ2v) is 7.70. The molecule has 2 amide bonds. The van der Waals surface area contributed by atoms with Gasteiger partial charge in [0.05, 0.1) is 18.9 Å². The van der Waals surface area contributed by atoms with Gasteiger partial charge in [-0.3, -0.25) is 5.32 Å². The van der Waals surface area contributed by atoms with Crippen LogP contribution in [0, 0.1) is 12.3 Å². The summed E-state index contributed by atoms with van der Waals surface area (Å²) >= 11 is 1.52. The molecule has 1 aromatic heterocycles. The van der Waals surface area contributed by atoms with Gasteiger partial charge < -0.3 is 9.64 Å². The number of nitrogens with zero attached hydrogens (tertiary/aromatic N) is 2. The molecule has 2 fully saturated rings. The first kappa shape index (κ1) is 15.6. The number of thiazole rings is 1. The second kappa shape index (κ2) is 6.18. The van der Waals surface area contributed by atoms with E-state index in [1.807, 2.05) is 42.2 Å². The zero-order valence-electron chi connectivity index (χ0n) is 13.7. The number of hydrogen-bond donors (Lipinski definition) is 1. The van der Waals surface area contributed by atoms with Crippen molar-refractivity contribution in [3.8, 4) is 10.6 Å². The zero-order chi connectivity index (χ0) is 16.6. The minimum Gasteiger partial charge on any atom is -0.379 e. The van der Waals surface area contributed by atoms with E-state index in [0.29, 0.717) is 13.2 Å². The molecule has 2 heterocycles. The van der Waals surface area contributed by atoms with Crippen molar-refractivity contribution in [2.24, 2.45) is 5.41 Å². The Kier molecular flexibility index (Phi) is 4.02. The summed E-state index contributed by atoms with van der Waals surface area (Å²) in [6.45, 7) is 4.78. The number of benzene rings is 1. The van der Waals surface area contributed by atoms with E-state index in [9.17, 15) is 4.79 Å². The minimum atomic E-state index is -0.0434. The Morgan fingerprint density at radius 2 is 2.12 bits per heavy atom. The van der Waals surface area contributed by atoms with E-state index in [1.54, 1.807) is 0 Å². The Bertz CT molecular complexity index is 740. The third-order valence-corrected chi connectivity index (χ3v) is 5.84. The van der Waals surface area contributed by atoms with Crippen LogP contribution >= 0.6 is 11.3 Å². The number of rotatable bonds is 2. The van der Waals surface area contributed by atoms with Gasteiger partial charge in [-0.25, -0.2) is 9.78 Å². The lowest BCUT2D eigenvalue weighted by Crippen LogP contribution is -2.39. The molecule has 1 aliphatic heterocycles. The highest BCUT2D eigenvalue weighted by Gasteiger charge is 2.46. The lowest BCUT2D eigenvalue weighted by molar-refractivity contribution is 0.115. The first-order valence-electron chi connectivity index (χ1n) is 8.32. The SMILES string of the molecule is Cc1nc(-c2ccccc2)sc1NC(=O)N1CCOCC2(CC2)C1. The number of anilines is 1. The monoisotopic (exact) mass is 343 g/mol. The maximum absolute atomic E-state index is 12.7. The smallest absolute Gasteiger partial charge is 0.322 e. The van der Waals surface area contributed by atoms with Gasteiger partial charge in [0.25, 0.3) is 0 Å². The summed E-state index contributed by atoms with van der Waals surface area (Å²) in [4.78, 5) is 19.2. The van der Waals surface area contributed by atoms with Gasteiger partial charge in [-0.1, -0.05) is 41.7 Å². The van der Waals surface area contributed by atoms with Gasteiger partial charge in [0.1, 0.15) is 10.0 Å². The lowest BCUT2D eigenvalue weighted by atomic mass is 10.1. The summed E-state index contributed by atoms with van der Waals surface area (Å²) in [7, 11) is 0. The molecule has 0 bridgehead atoms. The molecule has 4 rings (SSSR count). The number of aryl methyl sites for hydroxylation is 1. The van der Waals surface area contributed by atoms with Crippen LogP contribution in [0.2, 0.25) is 0 Å². The van der Waals surface area contributed by atoms with Crippen LogP contribution in [-0.4, -0.2) is 42.2 Å². The Labute approximate surface area is 145 Å². The van der Waals surface area contributed by atoms with Crippen LogP contribution in [0.1, 0.15) is 18.5 Å². The second-order valence-electron chi connectivity index (χ2n) is 6.70. The quantitative estimate of drug-likeness (QED) is 0.903. The molecule has 1 saturated carbocycles. The number of ether oxygens (including phenoxy) is 1. The molecular formula is C18H21N3O2S. The van der Waals surface area contributed by atoms with Crippen LogP contribution < -0.4 is 5.32 Å². The molecule has 24 heavy (non-hydrogen) atoms. The molecule has 2 aliphatic rings. The summed E-state index contributed by atoms with van der Waals surface area (Å²) in [6.07, 6.45) is 2.32. The van der Waals surface area contributed by atoms with Crippen molar-refractivity contribution in [1.82, 2.24) is 9.88 Å². The molecule has 6 heteroatoms. The molecule has 0 radical (unpaired) electrons. The number of amides is 2. The van der Waals surface area contributed by atoms with Crippen molar-refractivity contribution in [1.29, 1.82) is 0 Å². The average molecular weight is 343 g/mol. The van der Waals surface area contributed by atoms with E-state index in [1.165, 1.54) is 11.3 Å². The van der Waals surface area contributed by atoms with Crippen LogP contribution in [0.15, 0.2) is 30.3 Å². The van der Waals surface area contributed by atoms with E-state index in [-0.39, 0.29) is 11.4 Å². The standard InChI is InChI=1S/C18H21N3O2S/c1-13-15(24-16(19-13)14-5-3-2-4-6-14)20-17(22)21-9-10-23-12-18(11-21)7-8-18/h2-6H,7-12H2,1H3,(H,20,22). The van der Waals surface area contributed by atoms with Crippen molar-refractivity contribution in [2.75, 3.05) is 31.6 Å². The fraction of sp³-hybridized carbons (Fsp3) is 0.444. The first-order chi connectivity index (χ1) is 11.7. The lowest BCUT2D eigenvalue weighted by Gasteiger charge is -2.23. The molecular weight excluding hydrogens is 322 g/mol. The van der Waals surface area contributed by atoms with Gasteiger partial charge in [-0.2, -0.15) is 0 Å². The maximum Gasteiger partial charge on any atom is 0.322 e. The zero-order valence-corrected chi connectivity index (χ0v) is 14.6. The highest BCUT2D eigenvalue weighted by atomic mass is 32.1. The van der Waals surface area contributed by atoms with E-state index < -0.39 is 0 Å². The van der Waals surface area contributed by atoms with Crippen LogP contribution in [0.3, 0.4) is 0 Å². The molecule has 0 atom stereocenters. The van der Waals surface area contributed by atoms with E-state index in [2.05, 4.69) is 10.3 Å². The molecule has 1 spiro atoms. The maximum atomic E-state index is 12.7. The molecule has 1 saturated heterocycles. The van der Waals surface area contributed by atoms with Crippen molar-refractivity contribution < 1.29 is 9.53 Å². The Morgan fingerprint density at radius 3 is 2.88 bits per heavy atom. The Balaban J connectivity index is 1.48. The average Bonchev–Trinajstić information content (AvgIpc) is 3.32. The highest BCUT2D eigenvalue weighted by Crippen LogP contribution is 2.47. The van der Waals surface area contributed by atoms with Crippen LogP contribution in [-0.2, 0) is 4.74 Å². The van der Waals surface area contributed by atoms with Crippen molar-refractivity contribution in [3.05, 3.63) is 36.0 Å². The summed E-state index contributed by atoms with van der Waals surface area (Å²) in [5.74, 6) is 0. The number of nitrogens with one attached hydrogen (secondary N) is 1. The van der Waals surface area contributed by atoms with Crippen LogP contribution in [0.5, 0.6) is 0 Å². The van der Waals surface area contributed by atoms with Gasteiger partial charge in [0.2, 0.25) is 0 Å². The summed E-state index contributed by atoms with van der Waals surface area (Å²) in [5.41, 5.74) is 2.15. The van der Waals surface area contributed by atoms with Crippen LogP contribution in [0.25, 0.3) is 10.6 Å². The summed E-state index contributed by atoms with van der Waals surface area (Å²) < 4.78 is 5.66. The normalized spacial score (nSPS) is 19.1. The van der Waals surface area contributed by atoms with Crippen molar-refractivity contribution in [2.45, 2.75) is 19.8 Å². The molecule has 1 aromatic carbocycles. The Morgan fingerprint density at radius 1 is 1.33 bits per heavy atom. The highest BCUT2D eigenvalue weighted by molar-refractivity contribution is 7.19. The van der Waals surface area contributed by atoms with Gasteiger partial charge in [-0.05, 0) is 19.8 Å². The first-order valence-corrected chi connectivity index (χ1v) is 9.13. The number of urea groups is 1. The molecule has 126 valence electrons. The molecule has 1 N–H and O–H groups in total. The third kappa shape index (κ3) is 3.16. The topological polar surface area (TPSA) is 54.5 Å². The van der Waals surface area contributed by atoms with Gasteiger partial charge in [-0.15, -0.1) is 0 Å².